The molecule has 0 aromatic heterocycles. The summed E-state index contributed by atoms with van der Waals surface area (Å²) < 4.78 is 15.4. The standard InChI is InChI=1S/C12H23NO6/c14-5-7-18-9-11-19-10-8-17-6-4-13-3-1-2-12(15)16/h5,13H,1-4,6-11H2,(H,15,16). The fraction of sp³-hybridized carbons (Fsp3) is 0.833. The SMILES string of the molecule is O=CCOCCOCCOCCNCCCC(=O)O. The molecule has 2 N–H and O–H groups in total. The highest BCUT2D eigenvalue weighted by Crippen LogP contribution is 1.85. The van der Waals surface area contributed by atoms with Crippen molar-refractivity contribution < 1.29 is 28.9 Å². The first-order valence-corrected chi connectivity index (χ1v) is 6.36. The number of carbonyl (C=O) groups is 2. The Morgan fingerprint density at radius 1 is 1.00 bits per heavy atom. The molecule has 0 spiro atoms. The molecule has 0 rings (SSSR count). The Labute approximate surface area is 113 Å². The van der Waals surface area contributed by atoms with E-state index >= 15 is 0 Å². The lowest BCUT2D eigenvalue weighted by atomic mass is 10.3. The molecule has 0 bridgehead atoms. The first-order chi connectivity index (χ1) is 9.27. The van der Waals surface area contributed by atoms with Crippen molar-refractivity contribution in [3.8, 4) is 0 Å². The fourth-order valence-electron chi connectivity index (χ4n) is 1.21. The van der Waals surface area contributed by atoms with Crippen LogP contribution in [0.15, 0.2) is 0 Å². The van der Waals surface area contributed by atoms with Crippen LogP contribution in [0.25, 0.3) is 0 Å². The van der Waals surface area contributed by atoms with Crippen molar-refractivity contribution in [3.63, 3.8) is 0 Å². The minimum Gasteiger partial charge on any atom is -0.481 e. The van der Waals surface area contributed by atoms with Gasteiger partial charge >= 0.3 is 5.97 Å². The zero-order chi connectivity index (χ0) is 14.2. The molecule has 0 atom stereocenters. The first-order valence-electron chi connectivity index (χ1n) is 6.36. The van der Waals surface area contributed by atoms with Gasteiger partial charge in [0.05, 0.1) is 33.0 Å². The van der Waals surface area contributed by atoms with Gasteiger partial charge in [-0.1, -0.05) is 0 Å². The zero-order valence-corrected chi connectivity index (χ0v) is 11.1. The molecule has 0 aliphatic rings. The zero-order valence-electron chi connectivity index (χ0n) is 11.1. The van der Waals surface area contributed by atoms with Crippen LogP contribution in [0.5, 0.6) is 0 Å². The Kier molecular flexibility index (Phi) is 14.2. The highest BCUT2D eigenvalue weighted by Gasteiger charge is 1.95. The molecule has 0 amide bonds. The third kappa shape index (κ3) is 17.0. The van der Waals surface area contributed by atoms with Crippen molar-refractivity contribution in [1.29, 1.82) is 0 Å². The van der Waals surface area contributed by atoms with Crippen molar-refractivity contribution in [2.45, 2.75) is 12.8 Å². The molecule has 0 fully saturated rings. The number of nitrogens with one attached hydrogen (secondary N) is 1. The van der Waals surface area contributed by atoms with Gasteiger partial charge in [0.2, 0.25) is 0 Å². The molecule has 0 aliphatic heterocycles. The smallest absolute Gasteiger partial charge is 0.303 e. The van der Waals surface area contributed by atoms with Crippen LogP contribution >= 0.6 is 0 Å². The maximum atomic E-state index is 10.2. The number of aliphatic carboxylic acids is 1. The number of hydrogen-bond donors (Lipinski definition) is 2. The Morgan fingerprint density at radius 2 is 1.63 bits per heavy atom. The van der Waals surface area contributed by atoms with Crippen molar-refractivity contribution in [2.75, 3.05) is 52.7 Å². The molecule has 0 aliphatic carbocycles. The van der Waals surface area contributed by atoms with Crippen molar-refractivity contribution in [1.82, 2.24) is 5.32 Å². The molecule has 0 aromatic carbocycles. The van der Waals surface area contributed by atoms with Crippen molar-refractivity contribution >= 4 is 12.3 Å². The minimum atomic E-state index is -0.771. The molecule has 0 unspecified atom stereocenters. The van der Waals surface area contributed by atoms with Gasteiger partial charge in [0.25, 0.3) is 0 Å². The quantitative estimate of drug-likeness (QED) is 0.313. The summed E-state index contributed by atoms with van der Waals surface area (Å²) in [5.74, 6) is -0.771. The molecule has 7 heteroatoms. The highest BCUT2D eigenvalue weighted by atomic mass is 16.5. The molecule has 0 radical (unpaired) electrons. The number of aldehydes is 1. The second-order valence-electron chi connectivity index (χ2n) is 3.71. The van der Waals surface area contributed by atoms with E-state index in [1.165, 1.54) is 0 Å². The van der Waals surface area contributed by atoms with Crippen molar-refractivity contribution in [3.05, 3.63) is 0 Å². The number of ether oxygens (including phenoxy) is 3. The molecule has 0 saturated heterocycles. The predicted octanol–water partition coefficient (Wildman–Crippen LogP) is -0.310. The average molecular weight is 277 g/mol. The summed E-state index contributed by atoms with van der Waals surface area (Å²) in [6, 6.07) is 0. The molecule has 0 saturated carbocycles. The monoisotopic (exact) mass is 277 g/mol. The summed E-state index contributed by atoms with van der Waals surface area (Å²) in [4.78, 5) is 20.1. The van der Waals surface area contributed by atoms with Gasteiger partial charge in [0, 0.05) is 13.0 Å². The fourth-order valence-corrected chi connectivity index (χ4v) is 1.21. The van der Waals surface area contributed by atoms with Gasteiger partial charge in [-0.2, -0.15) is 0 Å². The van der Waals surface area contributed by atoms with E-state index in [-0.39, 0.29) is 13.0 Å². The number of carboxylic acid groups (broad SMARTS) is 1. The maximum absolute atomic E-state index is 10.2. The lowest BCUT2D eigenvalue weighted by Gasteiger charge is -2.06. The van der Waals surface area contributed by atoms with Crippen LogP contribution in [-0.4, -0.2) is 70.1 Å². The van der Waals surface area contributed by atoms with Gasteiger partial charge in [0.1, 0.15) is 12.9 Å². The first kappa shape index (κ1) is 18.0. The lowest BCUT2D eigenvalue weighted by molar-refractivity contribution is -0.137. The van der Waals surface area contributed by atoms with Crippen LogP contribution in [-0.2, 0) is 23.8 Å². The van der Waals surface area contributed by atoms with Crippen LogP contribution in [0, 0.1) is 0 Å². The molecule has 19 heavy (non-hydrogen) atoms. The average Bonchev–Trinajstić information content (AvgIpc) is 2.39. The van der Waals surface area contributed by atoms with Crippen LogP contribution in [0.3, 0.4) is 0 Å². The maximum Gasteiger partial charge on any atom is 0.303 e. The molecule has 0 aromatic rings. The van der Waals surface area contributed by atoms with Gasteiger partial charge in [-0.05, 0) is 13.0 Å². The third-order valence-corrected chi connectivity index (χ3v) is 2.10. The topological polar surface area (TPSA) is 94.1 Å². The van der Waals surface area contributed by atoms with E-state index < -0.39 is 5.97 Å². The third-order valence-electron chi connectivity index (χ3n) is 2.10. The van der Waals surface area contributed by atoms with Gasteiger partial charge in [0.15, 0.2) is 0 Å². The van der Waals surface area contributed by atoms with Gasteiger partial charge in [-0.3, -0.25) is 4.79 Å². The van der Waals surface area contributed by atoms with Gasteiger partial charge < -0.3 is 29.4 Å². The van der Waals surface area contributed by atoms with E-state index in [4.69, 9.17) is 19.3 Å². The van der Waals surface area contributed by atoms with Crippen LogP contribution in [0.1, 0.15) is 12.8 Å². The Balaban J connectivity index is 2.95. The van der Waals surface area contributed by atoms with Crippen LogP contribution < -0.4 is 5.32 Å². The Morgan fingerprint density at radius 3 is 2.26 bits per heavy atom. The summed E-state index contributed by atoms with van der Waals surface area (Å²) in [5, 5.41) is 11.5. The van der Waals surface area contributed by atoms with E-state index in [0.717, 1.165) is 0 Å². The molecule has 112 valence electrons. The van der Waals surface area contributed by atoms with E-state index in [0.29, 0.717) is 58.8 Å². The number of rotatable bonds is 15. The second-order valence-corrected chi connectivity index (χ2v) is 3.71. The number of hydrogen-bond acceptors (Lipinski definition) is 6. The second kappa shape index (κ2) is 15.0. The molecular weight excluding hydrogens is 254 g/mol. The van der Waals surface area contributed by atoms with Crippen LogP contribution in [0.4, 0.5) is 0 Å². The Bertz CT molecular complexity index is 224. The van der Waals surface area contributed by atoms with Gasteiger partial charge in [-0.15, -0.1) is 0 Å². The normalized spacial score (nSPS) is 10.5. The molecule has 7 nitrogen and oxygen atoms in total. The van der Waals surface area contributed by atoms with E-state index in [2.05, 4.69) is 5.32 Å². The largest absolute Gasteiger partial charge is 0.481 e. The van der Waals surface area contributed by atoms with E-state index in [1.54, 1.807) is 0 Å². The predicted molar refractivity (Wildman–Crippen MR) is 68.3 cm³/mol. The lowest BCUT2D eigenvalue weighted by Crippen LogP contribution is -2.22. The summed E-state index contributed by atoms with van der Waals surface area (Å²) in [6.07, 6.45) is 1.51. The summed E-state index contributed by atoms with van der Waals surface area (Å²) in [7, 11) is 0. The number of carboxylic acids is 1. The molecule has 0 heterocycles. The van der Waals surface area contributed by atoms with E-state index in [9.17, 15) is 9.59 Å². The number of carbonyl (C=O) groups excluding carboxylic acids is 1. The highest BCUT2D eigenvalue weighted by molar-refractivity contribution is 5.66. The van der Waals surface area contributed by atoms with Crippen molar-refractivity contribution in [2.24, 2.45) is 0 Å². The minimum absolute atomic E-state index is 0.105. The van der Waals surface area contributed by atoms with E-state index in [1.807, 2.05) is 0 Å². The summed E-state index contributed by atoms with van der Waals surface area (Å²) in [6.45, 7) is 3.90. The summed E-state index contributed by atoms with van der Waals surface area (Å²) in [5.41, 5.74) is 0. The Hall–Kier alpha value is -1.02. The van der Waals surface area contributed by atoms with Crippen LogP contribution in [0.2, 0.25) is 0 Å². The molecular formula is C12H23NO6. The van der Waals surface area contributed by atoms with Gasteiger partial charge in [-0.25, -0.2) is 0 Å². The summed E-state index contributed by atoms with van der Waals surface area (Å²) >= 11 is 0.